The molecule has 3 heteroatoms. The first-order valence-electron chi connectivity index (χ1n) is 9.30. The summed E-state index contributed by atoms with van der Waals surface area (Å²) in [6.07, 6.45) is 3.88. The molecule has 0 N–H and O–H groups in total. The smallest absolute Gasteiger partial charge is 0.111 e. The fraction of sp³-hybridized carbons (Fsp3) is 0.0400. The van der Waals surface area contributed by atoms with Gasteiger partial charge in [0.1, 0.15) is 5.03 Å². The van der Waals surface area contributed by atoms with E-state index in [1.54, 1.807) is 11.8 Å². The summed E-state index contributed by atoms with van der Waals surface area (Å²) in [6.45, 7) is 6.19. The van der Waals surface area contributed by atoms with Gasteiger partial charge < -0.3 is 0 Å². The van der Waals surface area contributed by atoms with Gasteiger partial charge in [0.25, 0.3) is 0 Å². The number of pyridine rings is 2. The molecular formula is C25H16N2S. The van der Waals surface area contributed by atoms with Crippen LogP contribution in [0, 0.1) is 6.92 Å². The van der Waals surface area contributed by atoms with Crippen LogP contribution in [0.1, 0.15) is 11.1 Å². The third kappa shape index (κ3) is 2.05. The van der Waals surface area contributed by atoms with Gasteiger partial charge in [0.15, 0.2) is 0 Å². The Balaban J connectivity index is 1.78. The standard InChI is InChI=1S/C25H16N2S/c1-3-16-14(2)8-9-17-18-10-11-26-24-20-12-15-6-4-5-7-21(15)27-25(20)28-22(23(18)24)13-19(16)17/h3-13H,1H2,2H3. The van der Waals surface area contributed by atoms with E-state index >= 15 is 0 Å². The second kappa shape index (κ2) is 5.66. The molecule has 0 fully saturated rings. The van der Waals surface area contributed by atoms with Gasteiger partial charge in [-0.2, -0.15) is 0 Å². The van der Waals surface area contributed by atoms with Crippen LogP contribution >= 0.6 is 11.8 Å². The van der Waals surface area contributed by atoms with E-state index in [1.165, 1.54) is 37.6 Å². The lowest BCUT2D eigenvalue weighted by atomic mass is 9.94. The topological polar surface area (TPSA) is 25.8 Å². The van der Waals surface area contributed by atoms with Crippen LogP contribution in [0.15, 0.2) is 77.3 Å². The molecular weight excluding hydrogens is 360 g/mol. The van der Waals surface area contributed by atoms with Gasteiger partial charge in [0.2, 0.25) is 0 Å². The van der Waals surface area contributed by atoms with E-state index < -0.39 is 0 Å². The van der Waals surface area contributed by atoms with Crippen molar-refractivity contribution in [3.63, 3.8) is 0 Å². The fourth-order valence-corrected chi connectivity index (χ4v) is 5.38. The van der Waals surface area contributed by atoms with Crippen LogP contribution in [-0.4, -0.2) is 9.97 Å². The van der Waals surface area contributed by atoms with Gasteiger partial charge in [-0.15, -0.1) is 0 Å². The second-order valence-electron chi connectivity index (χ2n) is 7.19. The highest BCUT2D eigenvalue weighted by molar-refractivity contribution is 7.99. The monoisotopic (exact) mass is 376 g/mol. The number of fused-ring (bicyclic) bond motifs is 5. The van der Waals surface area contributed by atoms with E-state index in [-0.39, 0.29) is 0 Å². The molecule has 0 atom stereocenters. The lowest BCUT2D eigenvalue weighted by Crippen LogP contribution is -1.99. The van der Waals surface area contributed by atoms with Crippen LogP contribution in [0.2, 0.25) is 0 Å². The maximum Gasteiger partial charge on any atom is 0.111 e. The van der Waals surface area contributed by atoms with Crippen molar-refractivity contribution in [2.24, 2.45) is 0 Å². The predicted octanol–water partition coefficient (Wildman–Crippen LogP) is 7.02. The first kappa shape index (κ1) is 15.8. The zero-order chi connectivity index (χ0) is 18.8. The fourth-order valence-electron chi connectivity index (χ4n) is 4.28. The number of nitrogens with zero attached hydrogens (tertiary/aromatic N) is 2. The number of aromatic nitrogens is 2. The van der Waals surface area contributed by atoms with Gasteiger partial charge in [-0.05, 0) is 58.5 Å². The third-order valence-electron chi connectivity index (χ3n) is 5.62. The first-order valence-corrected chi connectivity index (χ1v) is 10.1. The average Bonchev–Trinajstić information content (AvgIpc) is 2.72. The van der Waals surface area contributed by atoms with Crippen molar-refractivity contribution in [2.75, 3.05) is 0 Å². The number of rotatable bonds is 1. The van der Waals surface area contributed by atoms with Gasteiger partial charge >= 0.3 is 0 Å². The molecule has 1 aliphatic heterocycles. The lowest BCUT2D eigenvalue weighted by Gasteiger charge is -2.21. The minimum atomic E-state index is 1.02. The Bertz CT molecular complexity index is 1470. The highest BCUT2D eigenvalue weighted by atomic mass is 32.2. The Morgan fingerprint density at radius 3 is 2.75 bits per heavy atom. The molecule has 0 saturated carbocycles. The number of para-hydroxylation sites is 1. The van der Waals surface area contributed by atoms with E-state index in [1.807, 2.05) is 18.3 Å². The van der Waals surface area contributed by atoms with Crippen molar-refractivity contribution in [3.05, 3.63) is 78.5 Å². The zero-order valence-corrected chi connectivity index (χ0v) is 16.2. The van der Waals surface area contributed by atoms with Gasteiger partial charge in [-0.1, -0.05) is 54.7 Å². The van der Waals surface area contributed by atoms with Gasteiger partial charge in [-0.25, -0.2) is 4.98 Å². The Morgan fingerprint density at radius 2 is 1.86 bits per heavy atom. The van der Waals surface area contributed by atoms with Crippen LogP contribution in [0.3, 0.4) is 0 Å². The van der Waals surface area contributed by atoms with E-state index in [2.05, 4.69) is 62.0 Å². The molecule has 6 rings (SSSR count). The summed E-state index contributed by atoms with van der Waals surface area (Å²) in [7, 11) is 0. The largest absolute Gasteiger partial charge is 0.255 e. The first-order chi connectivity index (χ1) is 13.7. The van der Waals surface area contributed by atoms with Crippen LogP contribution < -0.4 is 0 Å². The van der Waals surface area contributed by atoms with E-state index in [0.717, 1.165) is 27.2 Å². The molecule has 0 unspecified atom stereocenters. The molecule has 5 aromatic rings. The average molecular weight is 376 g/mol. The van der Waals surface area contributed by atoms with Crippen molar-refractivity contribution in [2.45, 2.75) is 16.8 Å². The predicted molar refractivity (Wildman–Crippen MR) is 119 cm³/mol. The molecule has 0 spiro atoms. The number of aryl methyl sites for hydroxylation is 1. The van der Waals surface area contributed by atoms with Crippen LogP contribution in [0.5, 0.6) is 0 Å². The second-order valence-corrected chi connectivity index (χ2v) is 8.22. The molecule has 28 heavy (non-hydrogen) atoms. The Kier molecular flexibility index (Phi) is 3.21. The van der Waals surface area contributed by atoms with Crippen molar-refractivity contribution in [3.8, 4) is 11.3 Å². The van der Waals surface area contributed by atoms with Gasteiger partial charge in [0.05, 0.1) is 11.2 Å². The normalized spacial score (nSPS) is 12.5. The molecule has 2 aromatic heterocycles. The van der Waals surface area contributed by atoms with Gasteiger partial charge in [0, 0.05) is 27.4 Å². The van der Waals surface area contributed by atoms with Crippen molar-refractivity contribution in [1.82, 2.24) is 9.97 Å². The summed E-state index contributed by atoms with van der Waals surface area (Å²) in [5.74, 6) is 0. The summed E-state index contributed by atoms with van der Waals surface area (Å²) >= 11 is 1.74. The Labute approximate surface area is 166 Å². The minimum absolute atomic E-state index is 1.02. The van der Waals surface area contributed by atoms with Crippen LogP contribution in [-0.2, 0) is 0 Å². The molecule has 0 bridgehead atoms. The molecule has 132 valence electrons. The maximum atomic E-state index is 4.94. The lowest BCUT2D eigenvalue weighted by molar-refractivity contribution is 1.16. The van der Waals surface area contributed by atoms with E-state index in [0.29, 0.717) is 0 Å². The summed E-state index contributed by atoms with van der Waals surface area (Å²) in [4.78, 5) is 10.9. The van der Waals surface area contributed by atoms with E-state index in [4.69, 9.17) is 9.97 Å². The minimum Gasteiger partial charge on any atom is -0.255 e. The number of hydrogen-bond donors (Lipinski definition) is 0. The van der Waals surface area contributed by atoms with Crippen molar-refractivity contribution >= 4 is 50.3 Å². The quantitative estimate of drug-likeness (QED) is 0.288. The van der Waals surface area contributed by atoms with Crippen LogP contribution in [0.4, 0.5) is 0 Å². The zero-order valence-electron chi connectivity index (χ0n) is 15.4. The summed E-state index contributed by atoms with van der Waals surface area (Å²) in [5.41, 5.74) is 5.62. The third-order valence-corrected chi connectivity index (χ3v) is 6.67. The van der Waals surface area contributed by atoms with Crippen molar-refractivity contribution < 1.29 is 0 Å². The molecule has 0 aliphatic carbocycles. The van der Waals surface area contributed by atoms with Gasteiger partial charge in [-0.3, -0.25) is 4.98 Å². The highest BCUT2D eigenvalue weighted by Gasteiger charge is 2.24. The maximum absolute atomic E-state index is 4.94. The highest BCUT2D eigenvalue weighted by Crippen LogP contribution is 2.49. The molecule has 3 heterocycles. The molecule has 0 amide bonds. The summed E-state index contributed by atoms with van der Waals surface area (Å²) in [5, 5.41) is 7.13. The Morgan fingerprint density at radius 1 is 0.964 bits per heavy atom. The summed E-state index contributed by atoms with van der Waals surface area (Å²) in [6, 6.07) is 19.3. The molecule has 3 aromatic carbocycles. The van der Waals surface area contributed by atoms with Crippen LogP contribution in [0.25, 0.3) is 49.8 Å². The molecule has 2 nitrogen and oxygen atoms in total. The SMILES string of the molecule is C=Cc1c(C)ccc2c1cc1c3c(nccc32)-c2cc3ccccc3nc2S1. The van der Waals surface area contributed by atoms with E-state index in [9.17, 15) is 0 Å². The summed E-state index contributed by atoms with van der Waals surface area (Å²) < 4.78 is 0. The molecule has 1 aliphatic rings. The number of benzene rings is 3. The number of hydrogen-bond acceptors (Lipinski definition) is 3. The molecule has 0 radical (unpaired) electrons. The van der Waals surface area contributed by atoms with Crippen molar-refractivity contribution in [1.29, 1.82) is 0 Å². The molecule has 0 saturated heterocycles. The Hall–Kier alpha value is -3.17.